The summed E-state index contributed by atoms with van der Waals surface area (Å²) in [7, 11) is 0. The van der Waals surface area contributed by atoms with E-state index >= 15 is 0 Å². The first-order valence-corrected chi connectivity index (χ1v) is 7.89. The lowest BCUT2D eigenvalue weighted by atomic mass is 10.2. The zero-order valence-electron chi connectivity index (χ0n) is 11.0. The largest absolute Gasteiger partial charge is 0.481 e. The minimum absolute atomic E-state index is 0.0989. The highest BCUT2D eigenvalue weighted by atomic mass is 35.5. The van der Waals surface area contributed by atoms with Crippen LogP contribution >= 0.6 is 34.5 Å². The molecule has 0 aliphatic carbocycles. The molecule has 0 fully saturated rings. The number of carbonyl (C=O) groups is 1. The second-order valence-corrected chi connectivity index (χ2v) is 6.19. The van der Waals surface area contributed by atoms with Gasteiger partial charge in [-0.15, -0.1) is 11.3 Å². The lowest BCUT2D eigenvalue weighted by Crippen LogP contribution is -1.98. The third kappa shape index (κ3) is 3.02. The van der Waals surface area contributed by atoms with E-state index in [0.29, 0.717) is 37.8 Å². The molecule has 22 heavy (non-hydrogen) atoms. The van der Waals surface area contributed by atoms with E-state index in [4.69, 9.17) is 32.7 Å². The lowest BCUT2D eigenvalue weighted by molar-refractivity contribution is -0.136. The fourth-order valence-corrected chi connectivity index (χ4v) is 3.12. The number of hydrogen-bond donors (Lipinski definition) is 1. The molecule has 0 unspecified atom stereocenters. The summed E-state index contributed by atoms with van der Waals surface area (Å²) in [5.74, 6) is 0.223. The average molecular weight is 354 g/mol. The molecule has 1 aromatic carbocycles. The molecule has 0 radical (unpaired) electrons. The maximum atomic E-state index is 10.7. The Kier molecular flexibility index (Phi) is 4.20. The van der Waals surface area contributed by atoms with E-state index in [2.05, 4.69) is 4.98 Å². The molecule has 1 N–H and O–H groups in total. The van der Waals surface area contributed by atoms with Gasteiger partial charge in [-0.25, -0.2) is 4.98 Å². The number of hydrogen-bond acceptors (Lipinski definition) is 4. The molecule has 3 rings (SSSR count). The number of carboxylic acids is 1. The molecule has 0 atom stereocenters. The number of aromatic nitrogens is 1. The Hall–Kier alpha value is -1.82. The maximum absolute atomic E-state index is 10.7. The first kappa shape index (κ1) is 15.1. The molecule has 0 aliphatic heterocycles. The van der Waals surface area contributed by atoms with Crippen LogP contribution < -0.4 is 0 Å². The zero-order valence-corrected chi connectivity index (χ0v) is 13.4. The van der Waals surface area contributed by atoms with Crippen LogP contribution in [0.25, 0.3) is 22.8 Å². The fraction of sp³-hybridized carbons (Fsp3) is 0.0667. The summed E-state index contributed by atoms with van der Waals surface area (Å²) in [5, 5.41) is 11.9. The van der Waals surface area contributed by atoms with Crippen molar-refractivity contribution in [3.05, 3.63) is 50.8 Å². The Morgan fingerprint density at radius 3 is 2.77 bits per heavy atom. The van der Waals surface area contributed by atoms with Gasteiger partial charge >= 0.3 is 5.97 Å². The summed E-state index contributed by atoms with van der Waals surface area (Å²) in [5.41, 5.74) is 1.30. The molecule has 7 heteroatoms. The van der Waals surface area contributed by atoms with Crippen molar-refractivity contribution in [2.24, 2.45) is 0 Å². The van der Waals surface area contributed by atoms with E-state index in [-0.39, 0.29) is 6.42 Å². The van der Waals surface area contributed by atoms with Crippen LogP contribution in [0.4, 0.5) is 0 Å². The smallest absolute Gasteiger partial charge is 0.310 e. The standard InChI is InChI=1S/C15H9Cl2NO3S/c16-9-3-1-2-8(15(9)17)11-4-5-12(21-11)10-7-22-13(18-10)6-14(19)20/h1-5,7H,6H2,(H,19,20). The lowest BCUT2D eigenvalue weighted by Gasteiger charge is -2.02. The second-order valence-electron chi connectivity index (χ2n) is 4.46. The van der Waals surface area contributed by atoms with Crippen molar-refractivity contribution < 1.29 is 14.3 Å². The van der Waals surface area contributed by atoms with Crippen molar-refractivity contribution in [2.45, 2.75) is 6.42 Å². The molecular formula is C15H9Cl2NO3S. The van der Waals surface area contributed by atoms with Crippen LogP contribution in [0.1, 0.15) is 5.01 Å². The van der Waals surface area contributed by atoms with Crippen LogP contribution in [0.2, 0.25) is 10.0 Å². The summed E-state index contributed by atoms with van der Waals surface area (Å²) in [6, 6.07) is 8.86. The van der Waals surface area contributed by atoms with Crippen molar-refractivity contribution in [1.82, 2.24) is 4.98 Å². The van der Waals surface area contributed by atoms with Crippen molar-refractivity contribution in [1.29, 1.82) is 0 Å². The second kappa shape index (κ2) is 6.12. The van der Waals surface area contributed by atoms with Gasteiger partial charge in [-0.3, -0.25) is 4.79 Å². The van der Waals surface area contributed by atoms with E-state index in [9.17, 15) is 4.79 Å². The molecule has 2 heterocycles. The van der Waals surface area contributed by atoms with Crippen LogP contribution in [-0.4, -0.2) is 16.1 Å². The highest BCUT2D eigenvalue weighted by Crippen LogP contribution is 2.36. The van der Waals surface area contributed by atoms with Crippen molar-refractivity contribution >= 4 is 40.5 Å². The number of furan rings is 1. The predicted octanol–water partition coefficient (Wildman–Crippen LogP) is 5.00. The Labute approximate surface area is 139 Å². The monoisotopic (exact) mass is 353 g/mol. The highest BCUT2D eigenvalue weighted by Gasteiger charge is 2.14. The number of halogens is 2. The van der Waals surface area contributed by atoms with E-state index in [0.717, 1.165) is 0 Å². The first-order valence-electron chi connectivity index (χ1n) is 6.25. The minimum atomic E-state index is -0.910. The Morgan fingerprint density at radius 2 is 2.00 bits per heavy atom. The van der Waals surface area contributed by atoms with Gasteiger partial charge in [0.05, 0.1) is 16.5 Å². The Balaban J connectivity index is 1.92. The summed E-state index contributed by atoms with van der Waals surface area (Å²) < 4.78 is 5.76. The fourth-order valence-electron chi connectivity index (χ4n) is 1.95. The first-order chi connectivity index (χ1) is 10.5. The quantitative estimate of drug-likeness (QED) is 0.716. The molecule has 112 valence electrons. The van der Waals surface area contributed by atoms with Crippen molar-refractivity contribution in [3.8, 4) is 22.8 Å². The summed E-state index contributed by atoms with van der Waals surface area (Å²) in [6.45, 7) is 0. The Bertz CT molecular complexity index is 841. The summed E-state index contributed by atoms with van der Waals surface area (Å²) >= 11 is 13.5. The van der Waals surface area contributed by atoms with Gasteiger partial charge in [-0.05, 0) is 24.3 Å². The summed E-state index contributed by atoms with van der Waals surface area (Å²) in [4.78, 5) is 14.9. The van der Waals surface area contributed by atoms with E-state index in [1.54, 1.807) is 29.6 Å². The number of thiazole rings is 1. The molecule has 3 aromatic rings. The van der Waals surface area contributed by atoms with Crippen LogP contribution in [0.5, 0.6) is 0 Å². The van der Waals surface area contributed by atoms with Gasteiger partial charge < -0.3 is 9.52 Å². The SMILES string of the molecule is O=C(O)Cc1nc(-c2ccc(-c3cccc(Cl)c3Cl)o2)cs1. The molecule has 2 aromatic heterocycles. The third-order valence-corrected chi connectivity index (χ3v) is 4.60. The van der Waals surface area contributed by atoms with Crippen LogP contribution in [0.3, 0.4) is 0 Å². The summed E-state index contributed by atoms with van der Waals surface area (Å²) in [6.07, 6.45) is -0.0989. The average Bonchev–Trinajstić information content (AvgIpc) is 3.10. The van der Waals surface area contributed by atoms with E-state index in [1.165, 1.54) is 11.3 Å². The topological polar surface area (TPSA) is 63.3 Å². The molecule has 0 spiro atoms. The van der Waals surface area contributed by atoms with Crippen LogP contribution in [-0.2, 0) is 11.2 Å². The zero-order chi connectivity index (χ0) is 15.7. The number of rotatable bonds is 4. The third-order valence-electron chi connectivity index (χ3n) is 2.93. The number of nitrogens with zero attached hydrogens (tertiary/aromatic N) is 1. The van der Waals surface area contributed by atoms with E-state index in [1.807, 2.05) is 6.07 Å². The van der Waals surface area contributed by atoms with E-state index < -0.39 is 5.97 Å². The molecule has 0 saturated carbocycles. The van der Waals surface area contributed by atoms with Crippen molar-refractivity contribution in [3.63, 3.8) is 0 Å². The van der Waals surface area contributed by atoms with Gasteiger partial charge in [0.2, 0.25) is 0 Å². The molecular weight excluding hydrogens is 345 g/mol. The number of carboxylic acid groups (broad SMARTS) is 1. The molecule has 0 bridgehead atoms. The normalized spacial score (nSPS) is 10.8. The van der Waals surface area contributed by atoms with Crippen molar-refractivity contribution in [2.75, 3.05) is 0 Å². The molecule has 0 aliphatic rings. The number of aliphatic carboxylic acids is 1. The molecule has 0 amide bonds. The van der Waals surface area contributed by atoms with Gasteiger partial charge in [0.1, 0.15) is 16.5 Å². The molecule has 4 nitrogen and oxygen atoms in total. The van der Waals surface area contributed by atoms with Gasteiger partial charge in [0.15, 0.2) is 5.76 Å². The van der Waals surface area contributed by atoms with Gasteiger partial charge in [-0.1, -0.05) is 29.3 Å². The Morgan fingerprint density at radius 1 is 1.23 bits per heavy atom. The van der Waals surface area contributed by atoms with Gasteiger partial charge in [-0.2, -0.15) is 0 Å². The minimum Gasteiger partial charge on any atom is -0.481 e. The van der Waals surface area contributed by atoms with Crippen LogP contribution in [0.15, 0.2) is 40.1 Å². The highest BCUT2D eigenvalue weighted by molar-refractivity contribution is 7.10. The van der Waals surface area contributed by atoms with Gasteiger partial charge in [0.25, 0.3) is 0 Å². The molecule has 0 saturated heterocycles. The predicted molar refractivity (Wildman–Crippen MR) is 86.6 cm³/mol. The van der Waals surface area contributed by atoms with Crippen LogP contribution in [0, 0.1) is 0 Å². The van der Waals surface area contributed by atoms with Gasteiger partial charge in [0, 0.05) is 10.9 Å². The maximum Gasteiger partial charge on any atom is 0.310 e. The number of benzene rings is 1.